The van der Waals surface area contributed by atoms with Gasteiger partial charge in [0.25, 0.3) is 0 Å². The first kappa shape index (κ1) is 32.9. The van der Waals surface area contributed by atoms with Gasteiger partial charge < -0.3 is 5.73 Å². The minimum Gasteiger partial charge on any atom is -0.399 e. The highest BCUT2D eigenvalue weighted by atomic mass is 14.5. The van der Waals surface area contributed by atoms with Crippen molar-refractivity contribution >= 4 is 27.2 Å². The molecule has 10 aromatic rings. The second kappa shape index (κ2) is 13.4. The van der Waals surface area contributed by atoms with Crippen LogP contribution in [0.5, 0.6) is 0 Å². The van der Waals surface area contributed by atoms with Crippen LogP contribution in [0.25, 0.3) is 111 Å². The summed E-state index contributed by atoms with van der Waals surface area (Å²) >= 11 is 0. The lowest BCUT2D eigenvalue weighted by atomic mass is 9.82. The van der Waals surface area contributed by atoms with Crippen molar-refractivity contribution in [1.29, 1.82) is 0 Å². The zero-order chi connectivity index (χ0) is 37.9. The van der Waals surface area contributed by atoms with Gasteiger partial charge in [-0.2, -0.15) is 0 Å². The van der Waals surface area contributed by atoms with Crippen LogP contribution in [0.1, 0.15) is 0 Å². The molecule has 11 rings (SSSR count). The highest BCUT2D eigenvalue weighted by Crippen LogP contribution is 2.58. The average molecular weight is 724 g/mol. The Labute approximate surface area is 333 Å². The van der Waals surface area contributed by atoms with Crippen molar-refractivity contribution in [2.75, 3.05) is 5.73 Å². The highest BCUT2D eigenvalue weighted by molar-refractivity contribution is 6.28. The van der Waals surface area contributed by atoms with Gasteiger partial charge in [0.2, 0.25) is 0 Å². The predicted molar refractivity (Wildman–Crippen MR) is 243 cm³/mol. The molecule has 0 unspecified atom stereocenters. The number of nitrogens with two attached hydrogens (primary N) is 1. The summed E-state index contributed by atoms with van der Waals surface area (Å²) in [6, 6.07) is 77.3. The molecule has 0 aromatic heterocycles. The first-order valence-corrected chi connectivity index (χ1v) is 19.6. The van der Waals surface area contributed by atoms with Crippen molar-refractivity contribution in [3.8, 4) is 89.0 Å². The fraction of sp³-hybridized carbons (Fsp3) is 0. The third kappa shape index (κ3) is 5.47. The fourth-order valence-corrected chi connectivity index (χ4v) is 9.09. The molecule has 10 aromatic carbocycles. The third-order valence-electron chi connectivity index (χ3n) is 11.8. The summed E-state index contributed by atoms with van der Waals surface area (Å²) in [7, 11) is 0. The molecule has 0 heterocycles. The molecule has 0 fully saturated rings. The zero-order valence-electron chi connectivity index (χ0n) is 31.3. The van der Waals surface area contributed by atoms with Crippen molar-refractivity contribution in [2.24, 2.45) is 0 Å². The van der Waals surface area contributed by atoms with E-state index in [9.17, 15) is 0 Å². The largest absolute Gasteiger partial charge is 0.399 e. The zero-order valence-corrected chi connectivity index (χ0v) is 31.3. The summed E-state index contributed by atoms with van der Waals surface area (Å²) in [5, 5.41) is 5.09. The van der Waals surface area contributed by atoms with E-state index in [0.717, 1.165) is 11.3 Å². The Hall–Kier alpha value is -7.48. The first-order chi connectivity index (χ1) is 28.2. The van der Waals surface area contributed by atoms with E-state index in [4.69, 9.17) is 5.73 Å². The van der Waals surface area contributed by atoms with E-state index >= 15 is 0 Å². The van der Waals surface area contributed by atoms with Crippen LogP contribution in [-0.4, -0.2) is 0 Å². The molecule has 2 N–H and O–H groups in total. The van der Waals surface area contributed by atoms with E-state index in [-0.39, 0.29) is 0 Å². The fourth-order valence-electron chi connectivity index (χ4n) is 9.09. The van der Waals surface area contributed by atoms with Gasteiger partial charge in [-0.3, -0.25) is 0 Å². The van der Waals surface area contributed by atoms with Gasteiger partial charge >= 0.3 is 0 Å². The smallest absolute Gasteiger partial charge is 0.0314 e. The molecule has 1 aliphatic rings. The molecule has 1 nitrogen and oxygen atoms in total. The van der Waals surface area contributed by atoms with Crippen molar-refractivity contribution in [1.82, 2.24) is 0 Å². The molecule has 57 heavy (non-hydrogen) atoms. The van der Waals surface area contributed by atoms with Gasteiger partial charge in [0, 0.05) is 5.69 Å². The lowest BCUT2D eigenvalue weighted by Gasteiger charge is -2.21. The monoisotopic (exact) mass is 723 g/mol. The van der Waals surface area contributed by atoms with Crippen molar-refractivity contribution in [2.45, 2.75) is 0 Å². The molecule has 0 radical (unpaired) electrons. The summed E-state index contributed by atoms with van der Waals surface area (Å²) in [4.78, 5) is 0. The van der Waals surface area contributed by atoms with E-state index < -0.39 is 0 Å². The maximum Gasteiger partial charge on any atom is 0.0314 e. The number of fused-ring (bicyclic) bond motifs is 4. The Balaban J connectivity index is 1.15. The number of nitrogen functional groups attached to an aromatic ring is 1. The van der Waals surface area contributed by atoms with E-state index in [1.54, 1.807) is 0 Å². The van der Waals surface area contributed by atoms with Gasteiger partial charge in [-0.25, -0.2) is 0 Å². The molecule has 0 saturated heterocycles. The van der Waals surface area contributed by atoms with Gasteiger partial charge in [0.1, 0.15) is 0 Å². The molecule has 0 bridgehead atoms. The summed E-state index contributed by atoms with van der Waals surface area (Å²) in [5.41, 5.74) is 26.6. The Bertz CT molecular complexity index is 2970. The highest BCUT2D eigenvalue weighted by Gasteiger charge is 2.31. The summed E-state index contributed by atoms with van der Waals surface area (Å²) in [5.74, 6) is 0. The second-order valence-corrected chi connectivity index (χ2v) is 15.0. The van der Waals surface area contributed by atoms with E-state index in [1.807, 2.05) is 12.1 Å². The second-order valence-electron chi connectivity index (χ2n) is 15.0. The van der Waals surface area contributed by atoms with Crippen molar-refractivity contribution < 1.29 is 0 Å². The maximum atomic E-state index is 5.99. The lowest BCUT2D eigenvalue weighted by molar-refractivity contribution is 1.59. The summed E-state index contributed by atoms with van der Waals surface area (Å²) in [6.07, 6.45) is 0. The molecule has 0 aliphatic heterocycles. The normalized spacial score (nSPS) is 11.6. The van der Waals surface area contributed by atoms with Crippen LogP contribution in [0, 0.1) is 0 Å². The number of benzene rings is 10. The van der Waals surface area contributed by atoms with E-state index in [2.05, 4.69) is 200 Å². The summed E-state index contributed by atoms with van der Waals surface area (Å²) < 4.78 is 0. The Morgan fingerprint density at radius 2 is 0.561 bits per heavy atom. The van der Waals surface area contributed by atoms with Gasteiger partial charge in [0.15, 0.2) is 0 Å². The minimum atomic E-state index is 0.775. The molecule has 1 aliphatic carbocycles. The van der Waals surface area contributed by atoms with Gasteiger partial charge in [-0.15, -0.1) is 0 Å². The maximum absolute atomic E-state index is 5.99. The molecule has 0 atom stereocenters. The lowest BCUT2D eigenvalue weighted by Crippen LogP contribution is -1.94. The van der Waals surface area contributed by atoms with E-state index in [1.165, 1.54) is 105 Å². The van der Waals surface area contributed by atoms with Crippen LogP contribution >= 0.6 is 0 Å². The quantitative estimate of drug-likeness (QED) is 0.170. The standard InChI is InChI=1S/C56H37N/c57-45-32-30-41(31-33-45)40-18-24-42(25-19-40)46-34-35-51-54-47(46)16-9-17-50(54)55-52(43-26-20-38(21-27-43)36-10-3-1-4-11-36)48-14-7-8-15-49(48)53(56(51)55)44-28-22-39(23-29-44)37-12-5-2-6-13-37/h1-35H,57H2. The molecule has 1 heteroatoms. The Kier molecular flexibility index (Phi) is 7.72. The summed E-state index contributed by atoms with van der Waals surface area (Å²) in [6.45, 7) is 0. The Morgan fingerprint density at radius 3 is 1.05 bits per heavy atom. The topological polar surface area (TPSA) is 26.0 Å². The predicted octanol–water partition coefficient (Wildman–Crippen LogP) is 15.2. The van der Waals surface area contributed by atoms with Gasteiger partial charge in [-0.1, -0.05) is 200 Å². The molecule has 266 valence electrons. The molecule has 0 amide bonds. The van der Waals surface area contributed by atoms with Crippen LogP contribution < -0.4 is 5.73 Å². The van der Waals surface area contributed by atoms with Crippen LogP contribution in [-0.2, 0) is 0 Å². The van der Waals surface area contributed by atoms with Gasteiger partial charge in [-0.05, 0) is 123 Å². The third-order valence-corrected chi connectivity index (χ3v) is 11.8. The van der Waals surface area contributed by atoms with Crippen LogP contribution in [0.2, 0.25) is 0 Å². The molecular formula is C56H37N. The molecular weight excluding hydrogens is 687 g/mol. The minimum absolute atomic E-state index is 0.775. The van der Waals surface area contributed by atoms with Crippen LogP contribution in [0.3, 0.4) is 0 Å². The van der Waals surface area contributed by atoms with Gasteiger partial charge in [0.05, 0.1) is 0 Å². The van der Waals surface area contributed by atoms with E-state index in [0.29, 0.717) is 0 Å². The molecule has 0 saturated carbocycles. The number of rotatable bonds is 6. The molecule has 0 spiro atoms. The van der Waals surface area contributed by atoms with Crippen molar-refractivity contribution in [3.05, 3.63) is 212 Å². The van der Waals surface area contributed by atoms with Crippen LogP contribution in [0.15, 0.2) is 212 Å². The first-order valence-electron chi connectivity index (χ1n) is 19.6. The number of anilines is 1. The SMILES string of the molecule is Nc1ccc(-c2ccc(-c3ccc4c5c(cccc35)-c3c-4c(-c4ccc(-c5ccccc5)cc4)c4ccccc4c3-c3ccc(-c4ccccc4)cc3)cc2)cc1. The van der Waals surface area contributed by atoms with Crippen LogP contribution in [0.4, 0.5) is 5.69 Å². The van der Waals surface area contributed by atoms with Crippen molar-refractivity contribution in [3.63, 3.8) is 0 Å². The number of hydrogen-bond acceptors (Lipinski definition) is 1. The number of hydrogen-bond donors (Lipinski definition) is 1. The average Bonchev–Trinajstić information content (AvgIpc) is 3.61. The Morgan fingerprint density at radius 1 is 0.211 bits per heavy atom.